The molecule has 2 aromatic carbocycles. The Morgan fingerprint density at radius 2 is 1.33 bits per heavy atom. The van der Waals surface area contributed by atoms with Crippen LogP contribution in [0.5, 0.6) is 11.5 Å². The lowest BCUT2D eigenvalue weighted by Gasteiger charge is -2.22. The molecule has 0 aliphatic carbocycles. The van der Waals surface area contributed by atoms with E-state index in [-0.39, 0.29) is 18.8 Å². The van der Waals surface area contributed by atoms with Gasteiger partial charge in [0.1, 0.15) is 0 Å². The van der Waals surface area contributed by atoms with Gasteiger partial charge in [0.05, 0.1) is 14.2 Å². The van der Waals surface area contributed by atoms with Crippen molar-refractivity contribution in [1.29, 1.82) is 0 Å². The number of halogens is 5. The summed E-state index contributed by atoms with van der Waals surface area (Å²) in [5.74, 6) is -9.54. The molecule has 0 spiro atoms. The van der Waals surface area contributed by atoms with Crippen LogP contribution in [0, 0.1) is 29.1 Å². The molecule has 0 saturated heterocycles. The first kappa shape index (κ1) is 21.0. The monoisotopic (exact) mass is 388 g/mol. The number of benzene rings is 2. The Balaban J connectivity index is 2.38. The third-order valence-corrected chi connectivity index (χ3v) is 4.76. The maximum atomic E-state index is 14.2. The largest absolute Gasteiger partial charge is 0.493 e. The van der Waals surface area contributed by atoms with Crippen LogP contribution in [0.15, 0.2) is 18.2 Å². The molecule has 0 aliphatic rings. The van der Waals surface area contributed by atoms with Gasteiger partial charge in [0.25, 0.3) is 0 Å². The molecule has 0 aliphatic heterocycles. The second-order valence-electron chi connectivity index (χ2n) is 6.34. The Hall–Kier alpha value is -2.31. The highest BCUT2D eigenvalue weighted by atomic mass is 19.2. The lowest BCUT2D eigenvalue weighted by molar-refractivity contribution is 0.353. The average molecular weight is 388 g/mol. The number of hydrogen-bond acceptors (Lipinski definition) is 2. The van der Waals surface area contributed by atoms with Crippen molar-refractivity contribution in [2.24, 2.45) is 0 Å². The van der Waals surface area contributed by atoms with Crippen molar-refractivity contribution >= 4 is 0 Å². The van der Waals surface area contributed by atoms with Crippen molar-refractivity contribution in [3.8, 4) is 11.5 Å². The van der Waals surface area contributed by atoms with Crippen LogP contribution in [-0.2, 0) is 0 Å². The van der Waals surface area contributed by atoms with E-state index in [1.165, 1.54) is 14.2 Å². The first-order valence-electron chi connectivity index (χ1n) is 8.49. The normalized spacial score (nSPS) is 13.4. The summed E-state index contributed by atoms with van der Waals surface area (Å²) in [7, 11) is 2.98. The fourth-order valence-electron chi connectivity index (χ4n) is 3.19. The highest BCUT2D eigenvalue weighted by Crippen LogP contribution is 2.38. The topological polar surface area (TPSA) is 18.5 Å². The van der Waals surface area contributed by atoms with Crippen LogP contribution < -0.4 is 9.47 Å². The molecule has 0 radical (unpaired) electrons. The van der Waals surface area contributed by atoms with E-state index in [1.807, 2.05) is 6.92 Å². The minimum atomic E-state index is -2.14. The summed E-state index contributed by atoms with van der Waals surface area (Å²) >= 11 is 0. The summed E-state index contributed by atoms with van der Waals surface area (Å²) in [5, 5.41) is 0. The second-order valence-corrected chi connectivity index (χ2v) is 6.34. The minimum Gasteiger partial charge on any atom is -0.493 e. The van der Waals surface area contributed by atoms with Crippen LogP contribution in [0.2, 0.25) is 0 Å². The van der Waals surface area contributed by atoms with Gasteiger partial charge in [-0.05, 0) is 42.4 Å². The molecule has 2 aromatic rings. The Morgan fingerprint density at radius 1 is 0.815 bits per heavy atom. The van der Waals surface area contributed by atoms with Gasteiger partial charge in [-0.1, -0.05) is 19.9 Å². The van der Waals surface area contributed by atoms with Gasteiger partial charge in [0.15, 0.2) is 34.8 Å². The van der Waals surface area contributed by atoms with Gasteiger partial charge in [-0.2, -0.15) is 0 Å². The van der Waals surface area contributed by atoms with Crippen LogP contribution in [0.25, 0.3) is 0 Å². The fraction of sp³-hybridized carbons (Fsp3) is 0.400. The van der Waals surface area contributed by atoms with Gasteiger partial charge in [-0.25, -0.2) is 22.0 Å². The quantitative estimate of drug-likeness (QED) is 0.325. The smallest absolute Gasteiger partial charge is 0.200 e. The summed E-state index contributed by atoms with van der Waals surface area (Å²) in [4.78, 5) is 0. The van der Waals surface area contributed by atoms with Gasteiger partial charge < -0.3 is 9.47 Å². The van der Waals surface area contributed by atoms with Gasteiger partial charge in [-0.3, -0.25) is 0 Å². The van der Waals surface area contributed by atoms with Gasteiger partial charge in [-0.15, -0.1) is 0 Å². The predicted octanol–water partition coefficient (Wildman–Crippen LogP) is 6.09. The standard InChI is InChI=1S/C20H21F5O2/c1-5-11(15-16(21)18(23)20(25)19(24)17(15)22)8-10(2)12-6-7-13(26-3)14(9-12)27-4/h6-7,9-11H,5,8H2,1-4H3. The van der Waals surface area contributed by atoms with E-state index in [4.69, 9.17) is 9.47 Å². The van der Waals surface area contributed by atoms with Crippen LogP contribution in [0.3, 0.4) is 0 Å². The van der Waals surface area contributed by atoms with Crippen molar-refractivity contribution in [3.63, 3.8) is 0 Å². The van der Waals surface area contributed by atoms with E-state index in [0.717, 1.165) is 5.56 Å². The van der Waals surface area contributed by atoms with Crippen molar-refractivity contribution in [2.45, 2.75) is 38.5 Å². The lowest BCUT2D eigenvalue weighted by atomic mass is 9.84. The maximum Gasteiger partial charge on any atom is 0.200 e. The van der Waals surface area contributed by atoms with Crippen LogP contribution in [0.1, 0.15) is 49.7 Å². The highest BCUT2D eigenvalue weighted by Gasteiger charge is 2.30. The Bertz CT molecular complexity index is 793. The molecule has 0 amide bonds. The van der Waals surface area contributed by atoms with Crippen molar-refractivity contribution in [1.82, 2.24) is 0 Å². The zero-order valence-corrected chi connectivity index (χ0v) is 15.5. The average Bonchev–Trinajstić information content (AvgIpc) is 2.69. The van der Waals surface area contributed by atoms with E-state index < -0.39 is 40.6 Å². The minimum absolute atomic E-state index is 0.199. The molecular weight excluding hydrogens is 367 g/mol. The van der Waals surface area contributed by atoms with Gasteiger partial charge in [0.2, 0.25) is 5.82 Å². The molecule has 148 valence electrons. The highest BCUT2D eigenvalue weighted by molar-refractivity contribution is 5.44. The van der Waals surface area contributed by atoms with Crippen molar-refractivity contribution in [2.75, 3.05) is 14.2 Å². The number of methoxy groups -OCH3 is 2. The number of ether oxygens (including phenoxy) is 2. The summed E-state index contributed by atoms with van der Waals surface area (Å²) in [6, 6.07) is 5.20. The lowest BCUT2D eigenvalue weighted by Crippen LogP contribution is -2.13. The van der Waals surface area contributed by atoms with Gasteiger partial charge in [0, 0.05) is 5.56 Å². The van der Waals surface area contributed by atoms with E-state index in [0.29, 0.717) is 11.5 Å². The van der Waals surface area contributed by atoms with E-state index in [9.17, 15) is 22.0 Å². The molecule has 0 heterocycles. The molecule has 0 bridgehead atoms. The molecule has 2 rings (SSSR count). The zero-order chi connectivity index (χ0) is 20.3. The molecule has 0 aromatic heterocycles. The molecule has 7 heteroatoms. The summed E-state index contributed by atoms with van der Waals surface area (Å²) in [6.07, 6.45) is 0.417. The third kappa shape index (κ3) is 4.01. The molecule has 2 nitrogen and oxygen atoms in total. The molecule has 27 heavy (non-hydrogen) atoms. The fourth-order valence-corrected chi connectivity index (χ4v) is 3.19. The number of rotatable bonds is 7. The number of hydrogen-bond donors (Lipinski definition) is 0. The first-order chi connectivity index (χ1) is 12.8. The maximum absolute atomic E-state index is 14.2. The van der Waals surface area contributed by atoms with Crippen LogP contribution in [-0.4, -0.2) is 14.2 Å². The first-order valence-corrected chi connectivity index (χ1v) is 8.49. The summed E-state index contributed by atoms with van der Waals surface area (Å²) in [5.41, 5.74) is 0.0381. The van der Waals surface area contributed by atoms with Crippen molar-refractivity contribution < 1.29 is 31.4 Å². The molecular formula is C20H21F5O2. The molecule has 0 N–H and O–H groups in total. The van der Waals surface area contributed by atoms with E-state index >= 15 is 0 Å². The van der Waals surface area contributed by atoms with Crippen LogP contribution in [0.4, 0.5) is 22.0 Å². The van der Waals surface area contributed by atoms with Crippen LogP contribution >= 0.6 is 0 Å². The third-order valence-electron chi connectivity index (χ3n) is 4.76. The molecule has 2 unspecified atom stereocenters. The zero-order valence-electron chi connectivity index (χ0n) is 15.5. The molecule has 0 fully saturated rings. The Labute approximate surface area is 154 Å². The SMILES string of the molecule is CCC(CC(C)c1ccc(OC)c(OC)c1)c1c(F)c(F)c(F)c(F)c1F. The van der Waals surface area contributed by atoms with Gasteiger partial charge >= 0.3 is 0 Å². The van der Waals surface area contributed by atoms with E-state index in [1.54, 1.807) is 25.1 Å². The molecule has 2 atom stereocenters. The van der Waals surface area contributed by atoms with Crippen molar-refractivity contribution in [3.05, 3.63) is 58.4 Å². The summed E-state index contributed by atoms with van der Waals surface area (Å²) < 4.78 is 79.1. The van der Waals surface area contributed by atoms with E-state index in [2.05, 4.69) is 0 Å². The Kier molecular flexibility index (Phi) is 6.68. The second kappa shape index (κ2) is 8.59. The predicted molar refractivity (Wildman–Crippen MR) is 91.8 cm³/mol. The molecule has 0 saturated carbocycles. The Morgan fingerprint density at radius 3 is 1.81 bits per heavy atom. The summed E-state index contributed by atoms with van der Waals surface area (Å²) in [6.45, 7) is 3.46.